The summed E-state index contributed by atoms with van der Waals surface area (Å²) >= 11 is 0. The second-order valence-corrected chi connectivity index (χ2v) is 8.90. The van der Waals surface area contributed by atoms with Gasteiger partial charge in [0.2, 0.25) is 0 Å². The Bertz CT molecular complexity index is 1670. The second-order valence-electron chi connectivity index (χ2n) is 8.90. The Morgan fingerprint density at radius 3 is 2.20 bits per heavy atom. The van der Waals surface area contributed by atoms with Crippen molar-refractivity contribution >= 4 is 44.0 Å². The van der Waals surface area contributed by atoms with E-state index in [0.29, 0.717) is 13.2 Å². The van der Waals surface area contributed by atoms with E-state index in [9.17, 15) is 0 Å². The van der Waals surface area contributed by atoms with Crippen molar-refractivity contribution in [3.63, 3.8) is 0 Å². The molecule has 1 fully saturated rings. The summed E-state index contributed by atoms with van der Waals surface area (Å²) in [7, 11) is 0. The van der Waals surface area contributed by atoms with Gasteiger partial charge in [0.15, 0.2) is 6.29 Å². The van der Waals surface area contributed by atoms with Gasteiger partial charge in [0.25, 0.3) is 0 Å². The van der Waals surface area contributed by atoms with Crippen LogP contribution < -0.4 is 5.32 Å². The third-order valence-corrected chi connectivity index (χ3v) is 6.79. The van der Waals surface area contributed by atoms with Gasteiger partial charge in [-0.3, -0.25) is 0 Å². The summed E-state index contributed by atoms with van der Waals surface area (Å²) in [5.41, 5.74) is 6.71. The van der Waals surface area contributed by atoms with Crippen LogP contribution in [0.1, 0.15) is 11.9 Å². The van der Waals surface area contributed by atoms with Crippen molar-refractivity contribution in [1.29, 1.82) is 0 Å². The van der Waals surface area contributed by atoms with E-state index in [1.54, 1.807) is 0 Å². The molecular formula is C31H24N2O2. The average Bonchev–Trinajstić information content (AvgIpc) is 3.56. The molecule has 6 aromatic rings. The number of hydrogen-bond donors (Lipinski definition) is 1. The third kappa shape index (κ3) is 3.46. The summed E-state index contributed by atoms with van der Waals surface area (Å²) in [5, 5.41) is 8.55. The molecule has 170 valence electrons. The molecule has 1 aromatic heterocycles. The molecule has 0 saturated carbocycles. The second kappa shape index (κ2) is 8.27. The van der Waals surface area contributed by atoms with Gasteiger partial charge in [-0.2, -0.15) is 0 Å². The summed E-state index contributed by atoms with van der Waals surface area (Å²) in [6, 6.07) is 38.6. The number of anilines is 2. The SMILES string of the molecule is c1ccc2c(Nc3ccc4c(c3)c3ccccc3n4-c3ccc(C4OCCO4)cc3)cccc2c1. The van der Waals surface area contributed by atoms with Gasteiger partial charge < -0.3 is 19.4 Å². The average molecular weight is 457 g/mol. The fourth-order valence-electron chi connectivity index (χ4n) is 5.15. The lowest BCUT2D eigenvalue weighted by molar-refractivity contribution is -0.0441. The topological polar surface area (TPSA) is 35.4 Å². The zero-order valence-corrected chi connectivity index (χ0v) is 19.1. The number of para-hydroxylation sites is 1. The highest BCUT2D eigenvalue weighted by molar-refractivity contribution is 6.10. The third-order valence-electron chi connectivity index (χ3n) is 6.79. The first-order chi connectivity index (χ1) is 17.3. The molecule has 1 saturated heterocycles. The van der Waals surface area contributed by atoms with Crippen LogP contribution in [0.3, 0.4) is 0 Å². The van der Waals surface area contributed by atoms with E-state index in [1.165, 1.54) is 32.6 Å². The predicted molar refractivity (Wildman–Crippen MR) is 143 cm³/mol. The maximum Gasteiger partial charge on any atom is 0.184 e. The van der Waals surface area contributed by atoms with Gasteiger partial charge in [0.1, 0.15) is 0 Å². The van der Waals surface area contributed by atoms with Crippen LogP contribution in [0.5, 0.6) is 0 Å². The van der Waals surface area contributed by atoms with Crippen molar-refractivity contribution in [2.45, 2.75) is 6.29 Å². The normalized spacial score (nSPS) is 14.3. The largest absolute Gasteiger partial charge is 0.355 e. The maximum absolute atomic E-state index is 5.66. The lowest BCUT2D eigenvalue weighted by Crippen LogP contribution is -1.99. The van der Waals surface area contributed by atoms with Crippen LogP contribution in [0.4, 0.5) is 11.4 Å². The number of aromatic nitrogens is 1. The minimum Gasteiger partial charge on any atom is -0.355 e. The fourth-order valence-corrected chi connectivity index (χ4v) is 5.15. The van der Waals surface area contributed by atoms with Crippen molar-refractivity contribution in [3.05, 3.63) is 115 Å². The Labute approximate surface area is 203 Å². The van der Waals surface area contributed by atoms with Crippen molar-refractivity contribution in [1.82, 2.24) is 4.57 Å². The van der Waals surface area contributed by atoms with E-state index in [4.69, 9.17) is 9.47 Å². The van der Waals surface area contributed by atoms with Gasteiger partial charge in [-0.1, -0.05) is 66.7 Å². The van der Waals surface area contributed by atoms with Gasteiger partial charge in [0.05, 0.1) is 24.2 Å². The monoisotopic (exact) mass is 456 g/mol. The lowest BCUT2D eigenvalue weighted by Gasteiger charge is -2.13. The standard InChI is InChI=1S/C31H24N2O2/c1-2-8-25-21(6-1)7-5-10-28(25)32-23-14-17-30-27(20-23)26-9-3-4-11-29(26)33(30)24-15-12-22(13-16-24)31-34-18-19-35-31/h1-17,20,31-32H,18-19H2. The summed E-state index contributed by atoms with van der Waals surface area (Å²) < 4.78 is 13.7. The summed E-state index contributed by atoms with van der Waals surface area (Å²) in [5.74, 6) is 0. The van der Waals surface area contributed by atoms with Crippen LogP contribution in [0, 0.1) is 0 Å². The zero-order valence-electron chi connectivity index (χ0n) is 19.1. The molecule has 0 atom stereocenters. The Balaban J connectivity index is 1.33. The van der Waals surface area contributed by atoms with E-state index < -0.39 is 0 Å². The quantitative estimate of drug-likeness (QED) is 0.295. The molecule has 4 nitrogen and oxygen atoms in total. The predicted octanol–water partition coefficient (Wildman–Crippen LogP) is 7.73. The molecule has 7 rings (SSSR count). The van der Waals surface area contributed by atoms with Crippen LogP contribution >= 0.6 is 0 Å². The molecule has 5 aromatic carbocycles. The highest BCUT2D eigenvalue weighted by Gasteiger charge is 2.19. The molecule has 35 heavy (non-hydrogen) atoms. The Hall–Kier alpha value is -4.12. The van der Waals surface area contributed by atoms with Crippen molar-refractivity contribution in [3.8, 4) is 5.69 Å². The molecule has 1 aliphatic rings. The van der Waals surface area contributed by atoms with Crippen LogP contribution in [-0.2, 0) is 9.47 Å². The van der Waals surface area contributed by atoms with Gasteiger partial charge in [-0.15, -0.1) is 0 Å². The van der Waals surface area contributed by atoms with Crippen molar-refractivity contribution < 1.29 is 9.47 Å². The number of nitrogens with zero attached hydrogens (tertiary/aromatic N) is 1. The molecule has 0 radical (unpaired) electrons. The molecule has 0 bridgehead atoms. The molecule has 4 heteroatoms. The molecule has 1 N–H and O–H groups in total. The van der Waals surface area contributed by atoms with Crippen LogP contribution in [0.15, 0.2) is 109 Å². The zero-order chi connectivity index (χ0) is 23.2. The molecular weight excluding hydrogens is 432 g/mol. The van der Waals surface area contributed by atoms with Crippen molar-refractivity contribution in [2.24, 2.45) is 0 Å². The minimum absolute atomic E-state index is 0.259. The Morgan fingerprint density at radius 2 is 1.34 bits per heavy atom. The number of fused-ring (bicyclic) bond motifs is 4. The summed E-state index contributed by atoms with van der Waals surface area (Å²) in [6.07, 6.45) is -0.259. The van der Waals surface area contributed by atoms with Gasteiger partial charge in [-0.05, 0) is 47.9 Å². The summed E-state index contributed by atoms with van der Waals surface area (Å²) in [4.78, 5) is 0. The molecule has 0 aliphatic carbocycles. The number of ether oxygens (including phenoxy) is 2. The summed E-state index contributed by atoms with van der Waals surface area (Å²) in [6.45, 7) is 1.29. The van der Waals surface area contributed by atoms with E-state index >= 15 is 0 Å². The van der Waals surface area contributed by atoms with Gasteiger partial charge in [0, 0.05) is 38.8 Å². The molecule has 0 amide bonds. The first-order valence-corrected chi connectivity index (χ1v) is 12.0. The van der Waals surface area contributed by atoms with Gasteiger partial charge >= 0.3 is 0 Å². The van der Waals surface area contributed by atoms with Crippen LogP contribution in [0.25, 0.3) is 38.3 Å². The highest BCUT2D eigenvalue weighted by Crippen LogP contribution is 2.35. The lowest BCUT2D eigenvalue weighted by atomic mass is 10.1. The fraction of sp³-hybridized carbons (Fsp3) is 0.0968. The van der Waals surface area contributed by atoms with E-state index in [2.05, 4.69) is 119 Å². The Kier molecular flexibility index (Phi) is 4.79. The number of hydrogen-bond acceptors (Lipinski definition) is 3. The highest BCUT2D eigenvalue weighted by atomic mass is 16.7. The number of rotatable bonds is 4. The molecule has 0 spiro atoms. The molecule has 1 aliphatic heterocycles. The van der Waals surface area contributed by atoms with E-state index in [-0.39, 0.29) is 6.29 Å². The number of nitrogens with one attached hydrogen (secondary N) is 1. The first kappa shape index (κ1) is 20.3. The maximum atomic E-state index is 5.66. The molecule has 0 unspecified atom stereocenters. The molecule has 2 heterocycles. The van der Waals surface area contributed by atoms with Crippen molar-refractivity contribution in [2.75, 3.05) is 18.5 Å². The van der Waals surface area contributed by atoms with Crippen LogP contribution in [0.2, 0.25) is 0 Å². The Morgan fingerprint density at radius 1 is 0.629 bits per heavy atom. The minimum atomic E-state index is -0.259. The van der Waals surface area contributed by atoms with Gasteiger partial charge in [-0.25, -0.2) is 0 Å². The first-order valence-electron chi connectivity index (χ1n) is 12.0. The number of benzene rings is 5. The van der Waals surface area contributed by atoms with Crippen LogP contribution in [-0.4, -0.2) is 17.8 Å². The smallest absolute Gasteiger partial charge is 0.184 e. The van der Waals surface area contributed by atoms with E-state index in [0.717, 1.165) is 22.6 Å². The van der Waals surface area contributed by atoms with E-state index in [1.807, 2.05) is 0 Å².